The standard InChI is InChI=1S/C15H24N4O2/c1-11-14(12(2)18-17-11)16-13(20)8-19-6-5-15(9-19)4-3-7-21-10-15/h3-10H2,1-2H3,(H,16,20)(H,17,18). The maximum Gasteiger partial charge on any atom is 0.238 e. The molecule has 1 aromatic heterocycles. The second kappa shape index (κ2) is 5.77. The number of rotatable bonds is 3. The number of hydrogen-bond donors (Lipinski definition) is 2. The molecule has 2 saturated heterocycles. The van der Waals surface area contributed by atoms with Crippen LogP contribution in [0.25, 0.3) is 0 Å². The van der Waals surface area contributed by atoms with E-state index < -0.39 is 0 Å². The first-order valence-corrected chi connectivity index (χ1v) is 7.70. The number of nitrogens with zero attached hydrogens (tertiary/aromatic N) is 2. The van der Waals surface area contributed by atoms with Crippen LogP contribution in [0.1, 0.15) is 30.7 Å². The third-order valence-electron chi connectivity index (χ3n) is 4.68. The Bertz CT molecular complexity index is 500. The maximum atomic E-state index is 12.2. The van der Waals surface area contributed by atoms with Crippen LogP contribution in [0, 0.1) is 19.3 Å². The fraction of sp³-hybridized carbons (Fsp3) is 0.733. The summed E-state index contributed by atoms with van der Waals surface area (Å²) in [6.45, 7) is 7.96. The number of hydrogen-bond acceptors (Lipinski definition) is 4. The summed E-state index contributed by atoms with van der Waals surface area (Å²) >= 11 is 0. The monoisotopic (exact) mass is 292 g/mol. The van der Waals surface area contributed by atoms with Gasteiger partial charge in [-0.05, 0) is 39.7 Å². The van der Waals surface area contributed by atoms with Crippen LogP contribution < -0.4 is 5.32 Å². The van der Waals surface area contributed by atoms with Gasteiger partial charge in [0.25, 0.3) is 0 Å². The molecule has 0 aliphatic carbocycles. The van der Waals surface area contributed by atoms with Crippen molar-refractivity contribution in [2.75, 3.05) is 38.2 Å². The minimum absolute atomic E-state index is 0.0383. The predicted molar refractivity (Wildman–Crippen MR) is 80.2 cm³/mol. The first-order valence-electron chi connectivity index (χ1n) is 7.70. The molecule has 1 spiro atoms. The smallest absolute Gasteiger partial charge is 0.238 e. The van der Waals surface area contributed by atoms with E-state index in [0.717, 1.165) is 56.2 Å². The molecule has 2 N–H and O–H groups in total. The van der Waals surface area contributed by atoms with Crippen LogP contribution in [0.4, 0.5) is 5.69 Å². The summed E-state index contributed by atoms with van der Waals surface area (Å²) in [6, 6.07) is 0. The van der Waals surface area contributed by atoms with E-state index in [0.29, 0.717) is 12.0 Å². The molecular formula is C15H24N4O2. The third kappa shape index (κ3) is 3.11. The van der Waals surface area contributed by atoms with E-state index >= 15 is 0 Å². The van der Waals surface area contributed by atoms with Crippen LogP contribution in [0.2, 0.25) is 0 Å². The van der Waals surface area contributed by atoms with Gasteiger partial charge in [-0.3, -0.25) is 14.8 Å². The van der Waals surface area contributed by atoms with Gasteiger partial charge in [0.2, 0.25) is 5.91 Å². The van der Waals surface area contributed by atoms with Gasteiger partial charge in [-0.25, -0.2) is 0 Å². The average molecular weight is 292 g/mol. The number of ether oxygens (including phenoxy) is 1. The second-order valence-electron chi connectivity index (χ2n) is 6.47. The van der Waals surface area contributed by atoms with E-state index in [4.69, 9.17) is 4.74 Å². The van der Waals surface area contributed by atoms with Crippen molar-refractivity contribution >= 4 is 11.6 Å². The Morgan fingerprint density at radius 3 is 3.00 bits per heavy atom. The molecule has 1 amide bonds. The quantitative estimate of drug-likeness (QED) is 0.885. The van der Waals surface area contributed by atoms with Gasteiger partial charge in [0.15, 0.2) is 0 Å². The van der Waals surface area contributed by atoms with Gasteiger partial charge in [-0.2, -0.15) is 5.10 Å². The van der Waals surface area contributed by atoms with Gasteiger partial charge in [0.05, 0.1) is 30.2 Å². The zero-order valence-electron chi connectivity index (χ0n) is 12.9. The molecule has 0 saturated carbocycles. The second-order valence-corrected chi connectivity index (χ2v) is 6.47. The highest BCUT2D eigenvalue weighted by Gasteiger charge is 2.40. The largest absolute Gasteiger partial charge is 0.381 e. The number of aryl methyl sites for hydroxylation is 2. The number of amides is 1. The topological polar surface area (TPSA) is 70.2 Å². The Morgan fingerprint density at radius 2 is 2.33 bits per heavy atom. The van der Waals surface area contributed by atoms with Crippen LogP contribution in [0.15, 0.2) is 0 Å². The lowest BCUT2D eigenvalue weighted by atomic mass is 9.82. The van der Waals surface area contributed by atoms with E-state index in [9.17, 15) is 4.79 Å². The van der Waals surface area contributed by atoms with Crippen molar-refractivity contribution in [2.45, 2.75) is 33.1 Å². The normalized spacial score (nSPS) is 26.4. The first-order chi connectivity index (χ1) is 10.1. The minimum atomic E-state index is 0.0383. The number of carbonyl (C=O) groups excluding carboxylic acids is 1. The van der Waals surface area contributed by atoms with Crippen molar-refractivity contribution in [2.24, 2.45) is 5.41 Å². The predicted octanol–water partition coefficient (Wildman–Crippen LogP) is 1.47. The summed E-state index contributed by atoms with van der Waals surface area (Å²) < 4.78 is 5.64. The highest BCUT2D eigenvalue weighted by molar-refractivity contribution is 5.93. The minimum Gasteiger partial charge on any atom is -0.381 e. The number of anilines is 1. The van der Waals surface area contributed by atoms with E-state index in [-0.39, 0.29) is 5.91 Å². The Labute approximate surface area is 125 Å². The van der Waals surface area contributed by atoms with Crippen LogP contribution in [-0.4, -0.2) is 53.9 Å². The molecule has 1 atom stereocenters. The van der Waals surface area contributed by atoms with E-state index in [1.54, 1.807) is 0 Å². The fourth-order valence-corrected chi connectivity index (χ4v) is 3.51. The molecule has 3 heterocycles. The molecule has 3 rings (SSSR count). The molecule has 21 heavy (non-hydrogen) atoms. The Hall–Kier alpha value is -1.40. The van der Waals surface area contributed by atoms with Crippen molar-refractivity contribution in [1.29, 1.82) is 0 Å². The maximum absolute atomic E-state index is 12.2. The van der Waals surface area contributed by atoms with Crippen LogP contribution >= 0.6 is 0 Å². The summed E-state index contributed by atoms with van der Waals surface area (Å²) in [5, 5.41) is 9.96. The van der Waals surface area contributed by atoms with E-state index in [2.05, 4.69) is 20.4 Å². The molecule has 0 aromatic carbocycles. The van der Waals surface area contributed by atoms with Crippen molar-refractivity contribution in [3.05, 3.63) is 11.4 Å². The summed E-state index contributed by atoms with van der Waals surface area (Å²) in [4.78, 5) is 14.5. The summed E-state index contributed by atoms with van der Waals surface area (Å²) in [5.41, 5.74) is 2.84. The Morgan fingerprint density at radius 1 is 1.48 bits per heavy atom. The number of carbonyl (C=O) groups is 1. The molecule has 0 radical (unpaired) electrons. The molecule has 2 fully saturated rings. The lowest BCUT2D eigenvalue weighted by Gasteiger charge is -2.33. The zero-order chi connectivity index (χ0) is 14.9. The third-order valence-corrected chi connectivity index (χ3v) is 4.68. The van der Waals surface area contributed by atoms with Crippen LogP contribution in [0.3, 0.4) is 0 Å². The first kappa shape index (κ1) is 14.5. The van der Waals surface area contributed by atoms with Gasteiger partial charge >= 0.3 is 0 Å². The van der Waals surface area contributed by atoms with Crippen molar-refractivity contribution < 1.29 is 9.53 Å². The van der Waals surface area contributed by atoms with Crippen LogP contribution in [-0.2, 0) is 9.53 Å². The highest BCUT2D eigenvalue weighted by Crippen LogP contribution is 2.37. The molecule has 1 aromatic rings. The summed E-state index contributed by atoms with van der Waals surface area (Å²) in [5.74, 6) is 0.0383. The van der Waals surface area contributed by atoms with Crippen molar-refractivity contribution in [1.82, 2.24) is 15.1 Å². The Kier molecular flexibility index (Phi) is 3.99. The lowest BCUT2D eigenvalue weighted by Crippen LogP contribution is -2.37. The summed E-state index contributed by atoms with van der Waals surface area (Å²) in [6.07, 6.45) is 3.52. The Balaban J connectivity index is 1.54. The number of aromatic amines is 1. The van der Waals surface area contributed by atoms with Gasteiger partial charge < -0.3 is 10.1 Å². The molecule has 2 aliphatic rings. The number of nitrogens with one attached hydrogen (secondary N) is 2. The lowest BCUT2D eigenvalue weighted by molar-refractivity contribution is -0.117. The van der Waals surface area contributed by atoms with E-state index in [1.807, 2.05) is 13.8 Å². The number of aromatic nitrogens is 2. The van der Waals surface area contributed by atoms with Crippen molar-refractivity contribution in [3.8, 4) is 0 Å². The molecule has 1 unspecified atom stereocenters. The molecule has 0 bridgehead atoms. The molecule has 6 heteroatoms. The molecule has 116 valence electrons. The highest BCUT2D eigenvalue weighted by atomic mass is 16.5. The molecule has 6 nitrogen and oxygen atoms in total. The van der Waals surface area contributed by atoms with Gasteiger partial charge in [0.1, 0.15) is 0 Å². The number of H-pyrrole nitrogens is 1. The van der Waals surface area contributed by atoms with Gasteiger partial charge in [-0.1, -0.05) is 0 Å². The van der Waals surface area contributed by atoms with Crippen molar-refractivity contribution in [3.63, 3.8) is 0 Å². The SMILES string of the molecule is Cc1n[nH]c(C)c1NC(=O)CN1CCC2(CCCOC2)C1. The average Bonchev–Trinajstić information content (AvgIpc) is 2.98. The van der Waals surface area contributed by atoms with Gasteiger partial charge in [-0.15, -0.1) is 0 Å². The van der Waals surface area contributed by atoms with E-state index in [1.165, 1.54) is 6.42 Å². The zero-order valence-corrected chi connectivity index (χ0v) is 12.9. The molecular weight excluding hydrogens is 268 g/mol. The summed E-state index contributed by atoms with van der Waals surface area (Å²) in [7, 11) is 0. The van der Waals surface area contributed by atoms with Gasteiger partial charge in [0, 0.05) is 18.6 Å². The molecule has 2 aliphatic heterocycles. The number of likely N-dealkylation sites (tertiary alicyclic amines) is 1. The fourth-order valence-electron chi connectivity index (χ4n) is 3.51. The van der Waals surface area contributed by atoms with Crippen LogP contribution in [0.5, 0.6) is 0 Å².